The minimum atomic E-state index is 0.127. The van der Waals surface area contributed by atoms with Crippen LogP contribution in [0, 0.1) is 6.92 Å². The van der Waals surface area contributed by atoms with Crippen LogP contribution in [0.2, 0.25) is 0 Å². The van der Waals surface area contributed by atoms with Gasteiger partial charge in [0.1, 0.15) is 5.82 Å². The summed E-state index contributed by atoms with van der Waals surface area (Å²) in [6.07, 6.45) is 4.14. The molecule has 1 aromatic heterocycles. The number of thioether (sulfide) groups is 1. The highest BCUT2D eigenvalue weighted by atomic mass is 32.2. The molecule has 1 aliphatic rings. The molecule has 1 fully saturated rings. The first-order valence-electron chi connectivity index (χ1n) is 9.16. The molecule has 1 amide bonds. The Hall–Kier alpha value is -1.86. The zero-order chi connectivity index (χ0) is 18.5. The van der Waals surface area contributed by atoms with Gasteiger partial charge in [-0.3, -0.25) is 4.79 Å². The van der Waals surface area contributed by atoms with Crippen LogP contribution in [-0.2, 0) is 18.4 Å². The molecule has 0 spiro atoms. The molecule has 2 N–H and O–H groups in total. The Bertz CT molecular complexity index is 735. The topological polar surface area (TPSA) is 64.2 Å². The van der Waals surface area contributed by atoms with Crippen molar-refractivity contribution in [2.75, 3.05) is 25.9 Å². The van der Waals surface area contributed by atoms with Crippen molar-refractivity contribution in [2.24, 2.45) is 7.05 Å². The van der Waals surface area contributed by atoms with E-state index in [-0.39, 0.29) is 5.91 Å². The highest BCUT2D eigenvalue weighted by molar-refractivity contribution is 7.98. The average Bonchev–Trinajstić information content (AvgIpc) is 3.02. The van der Waals surface area contributed by atoms with E-state index in [4.69, 9.17) is 0 Å². The Morgan fingerprint density at radius 3 is 2.58 bits per heavy atom. The lowest BCUT2D eigenvalue weighted by atomic mass is 9.96. The number of quaternary nitrogens is 1. The first kappa shape index (κ1) is 18.9. The van der Waals surface area contributed by atoms with Crippen molar-refractivity contribution in [3.8, 4) is 0 Å². The largest absolute Gasteiger partial charge is 0.347 e. The minimum absolute atomic E-state index is 0.127. The van der Waals surface area contributed by atoms with Crippen LogP contribution in [0.1, 0.15) is 35.7 Å². The van der Waals surface area contributed by atoms with E-state index >= 15 is 0 Å². The van der Waals surface area contributed by atoms with Crippen molar-refractivity contribution in [2.45, 2.75) is 37.4 Å². The quantitative estimate of drug-likeness (QED) is 0.738. The fourth-order valence-electron chi connectivity index (χ4n) is 3.52. The van der Waals surface area contributed by atoms with Gasteiger partial charge in [0.2, 0.25) is 0 Å². The zero-order valence-corrected chi connectivity index (χ0v) is 16.6. The Morgan fingerprint density at radius 2 is 1.96 bits per heavy atom. The van der Waals surface area contributed by atoms with E-state index < -0.39 is 0 Å². The highest BCUT2D eigenvalue weighted by Crippen LogP contribution is 2.24. The normalized spacial score (nSPS) is 20.1. The number of benzene rings is 1. The van der Waals surface area contributed by atoms with E-state index in [1.165, 1.54) is 10.5 Å². The third kappa shape index (κ3) is 4.65. The molecule has 26 heavy (non-hydrogen) atoms. The first-order chi connectivity index (χ1) is 12.6. The van der Waals surface area contributed by atoms with Crippen LogP contribution in [0.4, 0.5) is 0 Å². The molecule has 0 aliphatic carbocycles. The van der Waals surface area contributed by atoms with Crippen molar-refractivity contribution < 1.29 is 9.69 Å². The van der Waals surface area contributed by atoms with Gasteiger partial charge in [0.25, 0.3) is 5.91 Å². The van der Waals surface area contributed by atoms with E-state index in [0.717, 1.165) is 42.5 Å². The summed E-state index contributed by atoms with van der Waals surface area (Å²) in [7, 11) is 2.04. The monoisotopic (exact) mass is 374 g/mol. The molecular weight excluding hydrogens is 346 g/mol. The summed E-state index contributed by atoms with van der Waals surface area (Å²) in [5, 5.41) is 12.6. The van der Waals surface area contributed by atoms with Crippen LogP contribution >= 0.6 is 11.8 Å². The van der Waals surface area contributed by atoms with Crippen molar-refractivity contribution in [3.63, 3.8) is 0 Å². The number of likely N-dealkylation sites (tertiary alicyclic amines) is 1. The molecular formula is C19H28N5OS+. The third-order valence-corrected chi connectivity index (χ3v) is 5.85. The second-order valence-corrected chi connectivity index (χ2v) is 7.84. The van der Waals surface area contributed by atoms with E-state index in [1.807, 2.05) is 13.3 Å². The van der Waals surface area contributed by atoms with Gasteiger partial charge in [-0.05, 0) is 18.7 Å². The number of hydrogen-bond acceptors (Lipinski definition) is 4. The second kappa shape index (κ2) is 8.68. The summed E-state index contributed by atoms with van der Waals surface area (Å²) in [5.41, 5.74) is 2.38. The minimum Gasteiger partial charge on any atom is -0.347 e. The summed E-state index contributed by atoms with van der Waals surface area (Å²) >= 11 is 1.62. The van der Waals surface area contributed by atoms with E-state index in [0.29, 0.717) is 19.0 Å². The van der Waals surface area contributed by atoms with Crippen LogP contribution in [0.5, 0.6) is 0 Å². The van der Waals surface area contributed by atoms with Crippen LogP contribution < -0.4 is 10.2 Å². The Labute approximate surface area is 159 Å². The number of piperidine rings is 1. The molecule has 140 valence electrons. The maximum Gasteiger partial charge on any atom is 0.275 e. The predicted molar refractivity (Wildman–Crippen MR) is 103 cm³/mol. The summed E-state index contributed by atoms with van der Waals surface area (Å²) in [5.74, 6) is 1.66. The number of nitrogens with one attached hydrogen (secondary N) is 2. The second-order valence-electron chi connectivity index (χ2n) is 7.07. The van der Waals surface area contributed by atoms with Gasteiger partial charge in [-0.2, -0.15) is 0 Å². The molecule has 0 radical (unpaired) electrons. The number of aryl methyl sites for hydroxylation is 1. The van der Waals surface area contributed by atoms with Gasteiger partial charge in [0.15, 0.2) is 11.7 Å². The average molecular weight is 375 g/mol. The van der Waals surface area contributed by atoms with E-state index in [2.05, 4.69) is 51.3 Å². The molecule has 1 saturated heterocycles. The lowest BCUT2D eigenvalue weighted by Gasteiger charge is -2.28. The molecule has 0 bridgehead atoms. The van der Waals surface area contributed by atoms with Gasteiger partial charge in [-0.15, -0.1) is 10.2 Å². The number of amides is 1. The van der Waals surface area contributed by atoms with Gasteiger partial charge < -0.3 is 14.8 Å². The smallest absolute Gasteiger partial charge is 0.275 e. The highest BCUT2D eigenvalue weighted by Gasteiger charge is 2.28. The fourth-order valence-corrected chi connectivity index (χ4v) is 4.01. The Kier molecular flexibility index (Phi) is 6.32. The van der Waals surface area contributed by atoms with E-state index in [9.17, 15) is 4.79 Å². The molecule has 2 aromatic rings. The lowest BCUT2D eigenvalue weighted by molar-refractivity contribution is -0.897. The first-order valence-corrected chi connectivity index (χ1v) is 10.4. The zero-order valence-electron chi connectivity index (χ0n) is 15.8. The SMILES string of the molecule is CSc1nnc(C2CC[NH+](CC(=O)NCc3ccc(C)cc3)CC2)n1C. The third-order valence-electron chi connectivity index (χ3n) is 5.13. The van der Waals surface area contributed by atoms with E-state index in [1.54, 1.807) is 11.8 Å². The van der Waals surface area contributed by atoms with Crippen LogP contribution in [-0.4, -0.2) is 46.6 Å². The molecule has 2 heterocycles. The molecule has 7 heteroatoms. The molecule has 1 aliphatic heterocycles. The summed E-state index contributed by atoms with van der Waals surface area (Å²) in [6, 6.07) is 8.29. The molecule has 1 aromatic carbocycles. The number of carbonyl (C=O) groups is 1. The number of aromatic nitrogens is 3. The molecule has 0 unspecified atom stereocenters. The Morgan fingerprint density at radius 1 is 1.27 bits per heavy atom. The van der Waals surface area contributed by atoms with Crippen molar-refractivity contribution >= 4 is 17.7 Å². The maximum absolute atomic E-state index is 12.2. The number of hydrogen-bond donors (Lipinski definition) is 2. The van der Waals surface area contributed by atoms with Crippen LogP contribution in [0.3, 0.4) is 0 Å². The molecule has 3 rings (SSSR count). The number of rotatable bonds is 6. The summed E-state index contributed by atoms with van der Waals surface area (Å²) < 4.78 is 2.11. The van der Waals surface area contributed by atoms with Crippen LogP contribution in [0.25, 0.3) is 0 Å². The number of nitrogens with zero attached hydrogens (tertiary/aromatic N) is 3. The standard InChI is InChI=1S/C19H27N5OS/c1-14-4-6-15(7-5-14)12-20-17(25)13-24-10-8-16(9-11-24)18-21-22-19(26-3)23(18)2/h4-7,16H,8-13H2,1-3H3,(H,20,25)/p+1. The molecule has 0 saturated carbocycles. The van der Waals surface area contributed by atoms with Gasteiger partial charge in [0, 0.05) is 32.4 Å². The van der Waals surface area contributed by atoms with Gasteiger partial charge >= 0.3 is 0 Å². The van der Waals surface area contributed by atoms with Gasteiger partial charge in [0.05, 0.1) is 13.1 Å². The lowest BCUT2D eigenvalue weighted by Crippen LogP contribution is -3.14. The van der Waals surface area contributed by atoms with Crippen molar-refractivity contribution in [1.82, 2.24) is 20.1 Å². The Balaban J connectivity index is 1.44. The maximum atomic E-state index is 12.2. The van der Waals surface area contributed by atoms with Crippen LogP contribution in [0.15, 0.2) is 29.4 Å². The fraction of sp³-hybridized carbons (Fsp3) is 0.526. The molecule has 0 atom stereocenters. The number of carbonyl (C=O) groups excluding carboxylic acids is 1. The summed E-state index contributed by atoms with van der Waals surface area (Å²) in [6.45, 7) is 5.23. The van der Waals surface area contributed by atoms with Gasteiger partial charge in [-0.25, -0.2) is 0 Å². The molecule has 6 nitrogen and oxygen atoms in total. The van der Waals surface area contributed by atoms with Crippen molar-refractivity contribution in [1.29, 1.82) is 0 Å². The summed E-state index contributed by atoms with van der Waals surface area (Å²) in [4.78, 5) is 13.6. The van der Waals surface area contributed by atoms with Gasteiger partial charge in [-0.1, -0.05) is 41.6 Å². The predicted octanol–water partition coefficient (Wildman–Crippen LogP) is 0.924. The van der Waals surface area contributed by atoms with Crippen molar-refractivity contribution in [3.05, 3.63) is 41.2 Å².